The molecule has 1 fully saturated rings. The van der Waals surface area contributed by atoms with Crippen molar-refractivity contribution in [3.8, 4) is 11.1 Å². The van der Waals surface area contributed by atoms with E-state index in [1.807, 2.05) is 61.6 Å². The van der Waals surface area contributed by atoms with Gasteiger partial charge < -0.3 is 15.5 Å². The second-order valence-corrected chi connectivity index (χ2v) is 8.51. The molecule has 0 spiro atoms. The van der Waals surface area contributed by atoms with Crippen molar-refractivity contribution in [3.05, 3.63) is 89.7 Å². The maximum Gasteiger partial charge on any atom is 0.324 e. The highest BCUT2D eigenvalue weighted by Gasteiger charge is 2.26. The maximum absolute atomic E-state index is 14.9. The summed E-state index contributed by atoms with van der Waals surface area (Å²) >= 11 is 0. The molecular weight excluding hydrogens is 431 g/mol. The normalized spacial score (nSPS) is 14.1. The van der Waals surface area contributed by atoms with Crippen molar-refractivity contribution < 1.29 is 14.0 Å². The van der Waals surface area contributed by atoms with Crippen molar-refractivity contribution in [1.29, 1.82) is 0 Å². The summed E-state index contributed by atoms with van der Waals surface area (Å²) in [6.45, 7) is 2.67. The number of anilines is 1. The number of amides is 2. The first kappa shape index (κ1) is 23.6. The summed E-state index contributed by atoms with van der Waals surface area (Å²) in [5.41, 5.74) is 8.77. The Kier molecular flexibility index (Phi) is 7.35. The smallest absolute Gasteiger partial charge is 0.324 e. The van der Waals surface area contributed by atoms with Gasteiger partial charge in [0, 0.05) is 43.0 Å². The van der Waals surface area contributed by atoms with Gasteiger partial charge in [-0.15, -0.1) is 0 Å². The van der Waals surface area contributed by atoms with Gasteiger partial charge in [-0.3, -0.25) is 9.69 Å². The molecule has 176 valence electrons. The minimum atomic E-state index is -0.531. The lowest BCUT2D eigenvalue weighted by Gasteiger charge is -2.36. The number of halogens is 1. The lowest BCUT2D eigenvalue weighted by molar-refractivity contribution is 0.100. The Balaban J connectivity index is 1.63. The second kappa shape index (κ2) is 10.6. The molecule has 1 heterocycles. The lowest BCUT2D eigenvalue weighted by Crippen LogP contribution is -2.52. The van der Waals surface area contributed by atoms with Crippen molar-refractivity contribution in [3.63, 3.8) is 0 Å². The highest BCUT2D eigenvalue weighted by Crippen LogP contribution is 2.26. The van der Waals surface area contributed by atoms with Crippen molar-refractivity contribution in [2.24, 2.45) is 5.73 Å². The van der Waals surface area contributed by atoms with Crippen LogP contribution < -0.4 is 10.6 Å². The Hall–Kier alpha value is -3.55. The molecule has 1 aliphatic heterocycles. The summed E-state index contributed by atoms with van der Waals surface area (Å²) < 4.78 is 14.9. The number of rotatable bonds is 6. The van der Waals surface area contributed by atoms with Crippen molar-refractivity contribution >= 4 is 17.5 Å². The number of nitrogens with zero attached hydrogens (tertiary/aromatic N) is 3. The first-order valence-electron chi connectivity index (χ1n) is 11.4. The van der Waals surface area contributed by atoms with Gasteiger partial charge in [-0.25, -0.2) is 9.18 Å². The molecule has 6 nitrogen and oxygen atoms in total. The fourth-order valence-corrected chi connectivity index (χ4v) is 4.04. The number of hydrogen-bond acceptors (Lipinski definition) is 4. The zero-order valence-corrected chi connectivity index (χ0v) is 19.3. The number of carbonyl (C=O) groups is 2. The van der Waals surface area contributed by atoms with Crippen molar-refractivity contribution in [2.45, 2.75) is 6.54 Å². The quantitative estimate of drug-likeness (QED) is 0.565. The van der Waals surface area contributed by atoms with Gasteiger partial charge in [-0.2, -0.15) is 0 Å². The van der Waals surface area contributed by atoms with Gasteiger partial charge in [0.2, 0.25) is 0 Å². The van der Waals surface area contributed by atoms with E-state index in [-0.39, 0.29) is 30.5 Å². The van der Waals surface area contributed by atoms with Crippen molar-refractivity contribution in [1.82, 2.24) is 9.80 Å². The number of Topliss-reactive ketones (excluding diaryl/α,β-unsaturated/α-hetero) is 1. The van der Waals surface area contributed by atoms with Gasteiger partial charge >= 0.3 is 6.03 Å². The standard InChI is InChI=1S/C27H29FN4O2/c1-30-13-15-31(16-14-30)27(34)32(19-23-8-7-22(17-25(23)28)26(33)18-29)24-11-9-21(10-12-24)20-5-3-2-4-6-20/h2-12,17H,13-16,18-19,29H2,1H3. The average molecular weight is 461 g/mol. The summed E-state index contributed by atoms with van der Waals surface area (Å²) in [5, 5.41) is 0. The monoisotopic (exact) mass is 460 g/mol. The Labute approximate surface area is 199 Å². The Bertz CT molecular complexity index is 1140. The first-order valence-corrected chi connectivity index (χ1v) is 11.4. The number of ketones is 1. The Morgan fingerprint density at radius 2 is 1.56 bits per heavy atom. The van der Waals surface area contributed by atoms with E-state index < -0.39 is 5.82 Å². The molecule has 0 atom stereocenters. The van der Waals surface area contributed by atoms with E-state index in [0.717, 1.165) is 24.2 Å². The largest absolute Gasteiger partial charge is 0.324 e. The van der Waals surface area contributed by atoms with E-state index in [0.29, 0.717) is 24.3 Å². The summed E-state index contributed by atoms with van der Waals surface area (Å²) in [7, 11) is 2.03. The number of hydrogen-bond donors (Lipinski definition) is 1. The maximum atomic E-state index is 14.9. The van der Waals surface area contributed by atoms with E-state index in [9.17, 15) is 14.0 Å². The third-order valence-electron chi connectivity index (χ3n) is 6.18. The molecule has 0 aliphatic carbocycles. The topological polar surface area (TPSA) is 69.9 Å². The van der Waals surface area contributed by atoms with Crippen LogP contribution in [0.15, 0.2) is 72.8 Å². The summed E-state index contributed by atoms with van der Waals surface area (Å²) in [6, 6.07) is 21.8. The highest BCUT2D eigenvalue weighted by molar-refractivity contribution is 5.97. The molecule has 34 heavy (non-hydrogen) atoms. The number of carbonyl (C=O) groups excluding carboxylic acids is 2. The zero-order chi connectivity index (χ0) is 24.1. The van der Waals surface area contributed by atoms with Crippen LogP contribution in [0.25, 0.3) is 11.1 Å². The highest BCUT2D eigenvalue weighted by atomic mass is 19.1. The Morgan fingerprint density at radius 1 is 0.912 bits per heavy atom. The summed E-state index contributed by atoms with van der Waals surface area (Å²) in [5.74, 6) is -0.858. The van der Waals surface area contributed by atoms with Gasteiger partial charge in [0.25, 0.3) is 0 Å². The predicted molar refractivity (Wildman–Crippen MR) is 132 cm³/mol. The zero-order valence-electron chi connectivity index (χ0n) is 19.3. The summed E-state index contributed by atoms with van der Waals surface area (Å²) in [6.07, 6.45) is 0. The lowest BCUT2D eigenvalue weighted by atomic mass is 10.0. The average Bonchev–Trinajstić information content (AvgIpc) is 2.88. The molecule has 1 aliphatic rings. The van der Waals surface area contributed by atoms with Gasteiger partial charge in [-0.05, 0) is 36.4 Å². The third-order valence-corrected chi connectivity index (χ3v) is 6.18. The predicted octanol–water partition coefficient (Wildman–Crippen LogP) is 4.01. The van der Waals surface area contributed by atoms with Crippen LogP contribution >= 0.6 is 0 Å². The van der Waals surface area contributed by atoms with Crippen LogP contribution in [0, 0.1) is 5.82 Å². The molecule has 2 amide bonds. The molecule has 0 aromatic heterocycles. The third kappa shape index (κ3) is 5.32. The van der Waals surface area contributed by atoms with Crippen LogP contribution in [-0.2, 0) is 6.54 Å². The fourth-order valence-electron chi connectivity index (χ4n) is 4.04. The van der Waals surface area contributed by atoms with E-state index in [1.54, 1.807) is 21.9 Å². The van der Waals surface area contributed by atoms with E-state index in [1.165, 1.54) is 6.07 Å². The number of benzene rings is 3. The minimum absolute atomic E-state index is 0.0544. The van der Waals surface area contributed by atoms with E-state index >= 15 is 0 Å². The van der Waals surface area contributed by atoms with Crippen molar-refractivity contribution in [2.75, 3.05) is 44.7 Å². The molecule has 4 rings (SSSR count). The van der Waals surface area contributed by atoms with Crippen LogP contribution in [-0.4, -0.2) is 61.4 Å². The SMILES string of the molecule is CN1CCN(C(=O)N(Cc2ccc(C(=O)CN)cc2F)c2ccc(-c3ccccc3)cc2)CC1. The fraction of sp³-hybridized carbons (Fsp3) is 0.259. The molecule has 2 N–H and O–H groups in total. The van der Waals surface area contributed by atoms with Gasteiger partial charge in [0.15, 0.2) is 5.78 Å². The molecule has 0 radical (unpaired) electrons. The van der Waals surface area contributed by atoms with Gasteiger partial charge in [0.1, 0.15) is 5.82 Å². The molecule has 7 heteroatoms. The van der Waals surface area contributed by atoms with Crippen LogP contribution in [0.5, 0.6) is 0 Å². The van der Waals surface area contributed by atoms with E-state index in [4.69, 9.17) is 5.73 Å². The van der Waals surface area contributed by atoms with Gasteiger partial charge in [0.05, 0.1) is 13.1 Å². The molecule has 3 aromatic rings. The Morgan fingerprint density at radius 3 is 2.18 bits per heavy atom. The molecule has 0 bridgehead atoms. The van der Waals surface area contributed by atoms with Crippen LogP contribution in [0.4, 0.5) is 14.9 Å². The van der Waals surface area contributed by atoms with Crippen LogP contribution in [0.2, 0.25) is 0 Å². The van der Waals surface area contributed by atoms with E-state index in [2.05, 4.69) is 4.90 Å². The number of nitrogens with two attached hydrogens (primary N) is 1. The number of likely N-dealkylation sites (N-methyl/N-ethyl adjacent to an activating group) is 1. The molecular formula is C27H29FN4O2. The number of urea groups is 1. The first-order chi connectivity index (χ1) is 16.5. The summed E-state index contributed by atoms with van der Waals surface area (Å²) in [4.78, 5) is 31.0. The molecule has 1 saturated heterocycles. The van der Waals surface area contributed by atoms with Crippen LogP contribution in [0.3, 0.4) is 0 Å². The molecule has 3 aromatic carbocycles. The van der Waals surface area contributed by atoms with Crippen LogP contribution in [0.1, 0.15) is 15.9 Å². The minimum Gasteiger partial charge on any atom is -0.324 e. The second-order valence-electron chi connectivity index (χ2n) is 8.51. The number of piperazine rings is 1. The molecule has 0 saturated carbocycles. The molecule has 0 unspecified atom stereocenters. The van der Waals surface area contributed by atoms with Gasteiger partial charge in [-0.1, -0.05) is 54.6 Å².